The molecule has 2 saturated heterocycles. The van der Waals surface area contributed by atoms with Crippen LogP contribution in [0.3, 0.4) is 0 Å². The van der Waals surface area contributed by atoms with Crippen molar-refractivity contribution in [3.8, 4) is 6.07 Å². The molecule has 1 aromatic carbocycles. The highest BCUT2D eigenvalue weighted by atomic mass is 32.1. The molecule has 0 unspecified atom stereocenters. The third-order valence-electron chi connectivity index (χ3n) is 6.91. The summed E-state index contributed by atoms with van der Waals surface area (Å²) < 4.78 is 46.3. The molecule has 2 atom stereocenters. The lowest BCUT2D eigenvalue weighted by Gasteiger charge is -2.44. The van der Waals surface area contributed by atoms with Crippen molar-refractivity contribution in [1.82, 2.24) is 9.88 Å². The van der Waals surface area contributed by atoms with E-state index in [4.69, 9.17) is 10.00 Å². The second kappa shape index (κ2) is 9.19. The Bertz CT molecular complexity index is 1130. The number of carbonyl (C=O) groups is 1. The van der Waals surface area contributed by atoms with Crippen molar-refractivity contribution >= 4 is 22.9 Å². The number of benzene rings is 1. The number of rotatable bonds is 5. The van der Waals surface area contributed by atoms with Gasteiger partial charge in [-0.3, -0.25) is 4.79 Å². The number of alkyl halides is 3. The van der Waals surface area contributed by atoms with Crippen molar-refractivity contribution in [2.24, 2.45) is 11.3 Å². The number of anilines is 1. The molecule has 10 heteroatoms. The average molecular weight is 493 g/mol. The van der Waals surface area contributed by atoms with Gasteiger partial charge in [-0.05, 0) is 45.4 Å². The Labute approximate surface area is 200 Å². The van der Waals surface area contributed by atoms with E-state index in [2.05, 4.69) is 4.98 Å². The predicted octanol–water partition coefficient (Wildman–Crippen LogP) is 4.66. The summed E-state index contributed by atoms with van der Waals surface area (Å²) >= 11 is 1.39. The number of aromatic nitrogens is 1. The number of hydrogen-bond acceptors (Lipinski definition) is 6. The Hall–Kier alpha value is -2.64. The maximum Gasteiger partial charge on any atom is 0.417 e. The van der Waals surface area contributed by atoms with Crippen LogP contribution in [0.1, 0.15) is 44.8 Å². The van der Waals surface area contributed by atoms with Crippen LogP contribution in [0.5, 0.6) is 0 Å². The van der Waals surface area contributed by atoms with E-state index in [9.17, 15) is 18.0 Å². The first-order valence-electron chi connectivity index (χ1n) is 11.3. The number of piperidine rings is 1. The molecule has 3 heterocycles. The third-order valence-corrected chi connectivity index (χ3v) is 7.97. The highest BCUT2D eigenvalue weighted by molar-refractivity contribution is 7.13. The fraction of sp³-hybridized carbons (Fsp3) is 0.542. The van der Waals surface area contributed by atoms with Gasteiger partial charge >= 0.3 is 6.18 Å². The van der Waals surface area contributed by atoms with Crippen LogP contribution in [-0.4, -0.2) is 55.2 Å². The minimum Gasteiger partial charge on any atom is -0.381 e. The Morgan fingerprint density at radius 1 is 1.35 bits per heavy atom. The molecular weight excluding hydrogens is 465 g/mol. The van der Waals surface area contributed by atoms with Crippen molar-refractivity contribution in [3.63, 3.8) is 0 Å². The number of hydrogen-bond donors (Lipinski definition) is 0. The second-order valence-corrected chi connectivity index (χ2v) is 10.3. The summed E-state index contributed by atoms with van der Waals surface area (Å²) in [5.74, 6) is 0.00806. The number of ether oxygens (including phenoxy) is 1. The molecule has 2 aromatic rings. The van der Waals surface area contributed by atoms with Gasteiger partial charge in [-0.2, -0.15) is 18.4 Å². The van der Waals surface area contributed by atoms with Crippen LogP contribution in [-0.2, 0) is 10.9 Å². The van der Waals surface area contributed by atoms with E-state index in [1.165, 1.54) is 17.4 Å². The van der Waals surface area contributed by atoms with Gasteiger partial charge in [0.25, 0.3) is 5.91 Å². The Balaban J connectivity index is 1.60. The number of thiazole rings is 1. The minimum absolute atomic E-state index is 0.0438. The molecule has 1 aromatic heterocycles. The minimum atomic E-state index is -4.60. The molecule has 0 spiro atoms. The average Bonchev–Trinajstić information content (AvgIpc) is 3.35. The van der Waals surface area contributed by atoms with Gasteiger partial charge in [0.1, 0.15) is 4.88 Å². The van der Waals surface area contributed by atoms with E-state index in [0.29, 0.717) is 56.4 Å². The lowest BCUT2D eigenvalue weighted by atomic mass is 9.73. The quantitative estimate of drug-likeness (QED) is 0.608. The maximum absolute atomic E-state index is 13.5. The smallest absolute Gasteiger partial charge is 0.381 e. The van der Waals surface area contributed by atoms with Crippen molar-refractivity contribution in [2.45, 2.75) is 33.4 Å². The van der Waals surface area contributed by atoms with Crippen molar-refractivity contribution < 1.29 is 22.7 Å². The zero-order chi connectivity index (χ0) is 24.7. The van der Waals surface area contributed by atoms with Gasteiger partial charge in [-0.1, -0.05) is 0 Å². The van der Waals surface area contributed by atoms with Crippen LogP contribution in [0.2, 0.25) is 0 Å². The van der Waals surface area contributed by atoms with E-state index in [1.807, 2.05) is 30.6 Å². The van der Waals surface area contributed by atoms with Gasteiger partial charge in [0.15, 0.2) is 0 Å². The summed E-state index contributed by atoms with van der Waals surface area (Å²) in [7, 11) is 0. The molecule has 0 N–H and O–H groups in total. The van der Waals surface area contributed by atoms with Crippen molar-refractivity contribution in [3.05, 3.63) is 44.9 Å². The lowest BCUT2D eigenvalue weighted by molar-refractivity contribution is -0.137. The van der Waals surface area contributed by atoms with Crippen molar-refractivity contribution in [2.75, 3.05) is 44.3 Å². The van der Waals surface area contributed by atoms with Crippen LogP contribution >= 0.6 is 11.3 Å². The molecule has 0 aliphatic carbocycles. The molecule has 0 saturated carbocycles. The van der Waals surface area contributed by atoms with E-state index in [0.717, 1.165) is 16.8 Å². The van der Waals surface area contributed by atoms with Gasteiger partial charge in [0.2, 0.25) is 0 Å². The summed E-state index contributed by atoms with van der Waals surface area (Å²) in [6.07, 6.45) is -3.90. The molecule has 2 aliphatic heterocycles. The van der Waals surface area contributed by atoms with Crippen LogP contribution in [0, 0.1) is 36.5 Å². The highest BCUT2D eigenvalue weighted by Crippen LogP contribution is 2.45. The van der Waals surface area contributed by atoms with Gasteiger partial charge < -0.3 is 14.5 Å². The molecule has 0 radical (unpaired) electrons. The van der Waals surface area contributed by atoms with E-state index in [1.54, 1.807) is 12.1 Å². The SMILES string of the molecule is CCOC[C@@]12CCN(c3ccc(C#N)c(C(F)(F)F)c3)C[C@@H]1CN(C(=O)c1sc(C)nc1C)C2. The summed E-state index contributed by atoms with van der Waals surface area (Å²) in [4.78, 5) is 22.1. The van der Waals surface area contributed by atoms with Crippen LogP contribution in [0.4, 0.5) is 18.9 Å². The van der Waals surface area contributed by atoms with Crippen LogP contribution in [0.25, 0.3) is 0 Å². The standard InChI is InChI=1S/C24H27F3N4O2S/c1-4-33-14-23-7-8-30(19-6-5-17(10-28)20(9-19)24(25,26)27)11-18(23)12-31(13-23)22(32)21-15(2)29-16(3)34-21/h5-6,9,18H,4,7-8,11-14H2,1-3H3/t18-,23+/m1/s1. The zero-order valence-electron chi connectivity index (χ0n) is 19.4. The number of carbonyl (C=O) groups excluding carboxylic acids is 1. The normalized spacial score (nSPS) is 22.6. The molecule has 1 amide bonds. The number of nitrogens with zero attached hydrogens (tertiary/aromatic N) is 4. The predicted molar refractivity (Wildman–Crippen MR) is 123 cm³/mol. The summed E-state index contributed by atoms with van der Waals surface area (Å²) in [5, 5.41) is 9.94. The molecular formula is C24H27F3N4O2S. The monoisotopic (exact) mass is 492 g/mol. The van der Waals surface area contributed by atoms with Gasteiger partial charge in [0.05, 0.1) is 34.5 Å². The molecule has 2 fully saturated rings. The summed E-state index contributed by atoms with van der Waals surface area (Å²) in [5.41, 5.74) is -0.380. The topological polar surface area (TPSA) is 69.5 Å². The first-order valence-corrected chi connectivity index (χ1v) is 12.1. The largest absolute Gasteiger partial charge is 0.417 e. The number of fused-ring (bicyclic) bond motifs is 1. The van der Waals surface area contributed by atoms with Crippen LogP contribution in [0.15, 0.2) is 18.2 Å². The molecule has 4 rings (SSSR count). The highest BCUT2D eigenvalue weighted by Gasteiger charge is 2.51. The van der Waals surface area contributed by atoms with Crippen molar-refractivity contribution in [1.29, 1.82) is 5.26 Å². The Morgan fingerprint density at radius 3 is 2.74 bits per heavy atom. The first-order chi connectivity index (χ1) is 16.1. The van der Waals surface area contributed by atoms with E-state index < -0.39 is 11.7 Å². The summed E-state index contributed by atoms with van der Waals surface area (Å²) in [6.45, 7) is 8.84. The van der Waals surface area contributed by atoms with Gasteiger partial charge in [-0.15, -0.1) is 11.3 Å². The Kier molecular flexibility index (Phi) is 6.62. The summed E-state index contributed by atoms with van der Waals surface area (Å²) in [6, 6.07) is 5.51. The maximum atomic E-state index is 13.5. The molecule has 34 heavy (non-hydrogen) atoms. The number of nitriles is 1. The van der Waals surface area contributed by atoms with E-state index >= 15 is 0 Å². The third kappa shape index (κ3) is 4.51. The number of likely N-dealkylation sites (tertiary alicyclic amines) is 1. The fourth-order valence-corrected chi connectivity index (χ4v) is 6.04. The second-order valence-electron chi connectivity index (χ2n) is 9.06. The molecule has 0 bridgehead atoms. The zero-order valence-corrected chi connectivity index (χ0v) is 20.2. The lowest BCUT2D eigenvalue weighted by Crippen LogP contribution is -2.49. The molecule has 182 valence electrons. The number of aryl methyl sites for hydroxylation is 2. The van der Waals surface area contributed by atoms with E-state index in [-0.39, 0.29) is 22.8 Å². The number of halogens is 3. The fourth-order valence-electron chi connectivity index (χ4n) is 5.15. The first kappa shape index (κ1) is 24.5. The Morgan fingerprint density at radius 2 is 2.12 bits per heavy atom. The van der Waals surface area contributed by atoms with Gasteiger partial charge in [-0.25, -0.2) is 4.98 Å². The van der Waals surface area contributed by atoms with Crippen LogP contribution < -0.4 is 4.90 Å². The number of amides is 1. The molecule has 2 aliphatic rings. The van der Waals surface area contributed by atoms with Gasteiger partial charge in [0, 0.05) is 49.8 Å². The molecule has 6 nitrogen and oxygen atoms in total.